The predicted molar refractivity (Wildman–Crippen MR) is 77.2 cm³/mol. The van der Waals surface area contributed by atoms with Gasteiger partial charge in [-0.3, -0.25) is 0 Å². The molecule has 0 radical (unpaired) electrons. The number of nitrogens with two attached hydrogens (primary N) is 1. The van der Waals surface area contributed by atoms with E-state index in [0.717, 1.165) is 30.9 Å². The zero-order chi connectivity index (χ0) is 11.8. The van der Waals surface area contributed by atoms with Crippen molar-refractivity contribution in [2.75, 3.05) is 5.73 Å². The minimum absolute atomic E-state index is 0.781. The molecule has 0 aliphatic heterocycles. The summed E-state index contributed by atoms with van der Waals surface area (Å²) in [5.74, 6) is 0. The number of nitrogen functional groups attached to an aromatic ring is 1. The summed E-state index contributed by atoms with van der Waals surface area (Å²) in [6.45, 7) is 0. The molecule has 3 aromatic rings. The third-order valence-corrected chi connectivity index (χ3v) is 4.10. The molecule has 4 heteroatoms. The van der Waals surface area contributed by atoms with Crippen molar-refractivity contribution in [2.45, 2.75) is 0 Å². The summed E-state index contributed by atoms with van der Waals surface area (Å²) < 4.78 is 2.20. The monoisotopic (exact) mass is 304 g/mol. The van der Waals surface area contributed by atoms with E-state index in [0.29, 0.717) is 0 Å². The molecule has 0 saturated carbocycles. The molecule has 0 amide bonds. The van der Waals surface area contributed by atoms with E-state index in [2.05, 4.69) is 33.0 Å². The average molecular weight is 305 g/mol. The minimum Gasteiger partial charge on any atom is -0.399 e. The van der Waals surface area contributed by atoms with Crippen molar-refractivity contribution < 1.29 is 0 Å². The maximum absolute atomic E-state index is 5.76. The largest absolute Gasteiger partial charge is 0.399 e. The molecule has 0 saturated heterocycles. The third kappa shape index (κ3) is 2.06. The summed E-state index contributed by atoms with van der Waals surface area (Å²) in [5.41, 5.74) is 8.68. The molecule has 0 fully saturated rings. The van der Waals surface area contributed by atoms with Gasteiger partial charge in [-0.1, -0.05) is 28.1 Å². The van der Waals surface area contributed by atoms with E-state index < -0.39 is 0 Å². The summed E-state index contributed by atoms with van der Waals surface area (Å²) in [6, 6.07) is 14.0. The van der Waals surface area contributed by atoms with E-state index in [1.165, 1.54) is 0 Å². The zero-order valence-corrected chi connectivity index (χ0v) is 11.3. The van der Waals surface area contributed by atoms with Crippen LogP contribution in [0.3, 0.4) is 0 Å². The second kappa shape index (κ2) is 4.13. The van der Waals surface area contributed by atoms with Crippen LogP contribution in [-0.2, 0) is 0 Å². The smallest absolute Gasteiger partial charge is 0.124 e. The van der Waals surface area contributed by atoms with E-state index in [4.69, 9.17) is 5.73 Å². The summed E-state index contributed by atoms with van der Waals surface area (Å²) in [6.07, 6.45) is 0. The average Bonchev–Trinajstić information content (AvgIpc) is 2.72. The molecule has 1 aromatic heterocycles. The van der Waals surface area contributed by atoms with Crippen LogP contribution in [0.2, 0.25) is 0 Å². The quantitative estimate of drug-likeness (QED) is 0.680. The van der Waals surface area contributed by atoms with E-state index in [1.807, 2.05) is 30.3 Å². The van der Waals surface area contributed by atoms with Crippen molar-refractivity contribution in [3.63, 3.8) is 0 Å². The summed E-state index contributed by atoms with van der Waals surface area (Å²) in [5, 5.41) is 1.03. The second-order valence-electron chi connectivity index (χ2n) is 3.75. The molecule has 3 rings (SSSR count). The maximum atomic E-state index is 5.76. The van der Waals surface area contributed by atoms with Gasteiger partial charge < -0.3 is 5.73 Å². The van der Waals surface area contributed by atoms with Crippen LogP contribution in [0.1, 0.15) is 0 Å². The van der Waals surface area contributed by atoms with Gasteiger partial charge in [-0.2, -0.15) is 0 Å². The Morgan fingerprint density at radius 1 is 1.06 bits per heavy atom. The van der Waals surface area contributed by atoms with Gasteiger partial charge in [0.2, 0.25) is 0 Å². The van der Waals surface area contributed by atoms with E-state index in [-0.39, 0.29) is 0 Å². The van der Waals surface area contributed by atoms with E-state index >= 15 is 0 Å². The first-order valence-corrected chi connectivity index (χ1v) is 6.75. The van der Waals surface area contributed by atoms with Crippen molar-refractivity contribution in [3.8, 4) is 10.6 Å². The molecule has 0 aliphatic carbocycles. The van der Waals surface area contributed by atoms with E-state index in [1.54, 1.807) is 11.3 Å². The molecule has 2 nitrogen and oxygen atoms in total. The third-order valence-electron chi connectivity index (χ3n) is 2.50. The summed E-state index contributed by atoms with van der Waals surface area (Å²) >= 11 is 5.09. The lowest BCUT2D eigenvalue weighted by Crippen LogP contribution is -1.81. The van der Waals surface area contributed by atoms with Crippen LogP contribution in [0.15, 0.2) is 46.9 Å². The van der Waals surface area contributed by atoms with Gasteiger partial charge in [-0.25, -0.2) is 4.98 Å². The van der Waals surface area contributed by atoms with Crippen LogP contribution in [0.4, 0.5) is 5.69 Å². The number of halogens is 1. The number of aromatic nitrogens is 1. The fraction of sp³-hybridized carbons (Fsp3) is 0. The number of rotatable bonds is 1. The van der Waals surface area contributed by atoms with Gasteiger partial charge in [-0.15, -0.1) is 11.3 Å². The Labute approximate surface area is 111 Å². The van der Waals surface area contributed by atoms with Gasteiger partial charge >= 0.3 is 0 Å². The number of anilines is 1. The lowest BCUT2D eigenvalue weighted by Gasteiger charge is -1.94. The van der Waals surface area contributed by atoms with Crippen molar-refractivity contribution in [2.24, 2.45) is 0 Å². The minimum atomic E-state index is 0.781. The van der Waals surface area contributed by atoms with Gasteiger partial charge in [0.1, 0.15) is 5.01 Å². The number of hydrogen-bond donors (Lipinski definition) is 1. The molecule has 2 N–H and O–H groups in total. The Kier molecular flexibility index (Phi) is 2.61. The van der Waals surface area contributed by atoms with Crippen molar-refractivity contribution in [1.29, 1.82) is 0 Å². The lowest BCUT2D eigenvalue weighted by molar-refractivity contribution is 1.47. The Morgan fingerprint density at radius 3 is 2.59 bits per heavy atom. The first-order valence-electron chi connectivity index (χ1n) is 5.14. The van der Waals surface area contributed by atoms with E-state index in [9.17, 15) is 0 Å². The SMILES string of the molecule is Nc1ccc2nc(-c3ccc(Br)cc3)sc2c1. The number of hydrogen-bond acceptors (Lipinski definition) is 3. The summed E-state index contributed by atoms with van der Waals surface area (Å²) in [7, 11) is 0. The van der Waals surface area contributed by atoms with Gasteiger partial charge in [0.25, 0.3) is 0 Å². The van der Waals surface area contributed by atoms with Crippen LogP contribution >= 0.6 is 27.3 Å². The zero-order valence-electron chi connectivity index (χ0n) is 8.85. The van der Waals surface area contributed by atoms with Gasteiger partial charge in [0, 0.05) is 15.7 Å². The highest BCUT2D eigenvalue weighted by molar-refractivity contribution is 9.10. The standard InChI is InChI=1S/C13H9BrN2S/c14-9-3-1-8(2-4-9)13-16-11-6-5-10(15)7-12(11)17-13/h1-7H,15H2. The molecule has 0 bridgehead atoms. The molecular formula is C13H9BrN2S. The van der Waals surface area contributed by atoms with Crippen LogP contribution in [0.5, 0.6) is 0 Å². The molecule has 2 aromatic carbocycles. The van der Waals surface area contributed by atoms with Gasteiger partial charge in [0.15, 0.2) is 0 Å². The molecule has 17 heavy (non-hydrogen) atoms. The Hall–Kier alpha value is -1.39. The molecule has 0 atom stereocenters. The van der Waals surface area contributed by atoms with Crippen LogP contribution < -0.4 is 5.73 Å². The fourth-order valence-corrected chi connectivity index (χ4v) is 2.94. The Morgan fingerprint density at radius 2 is 1.82 bits per heavy atom. The Balaban J connectivity index is 2.14. The molecular weight excluding hydrogens is 296 g/mol. The molecule has 0 aliphatic rings. The number of benzene rings is 2. The highest BCUT2D eigenvalue weighted by Crippen LogP contribution is 2.31. The first-order chi connectivity index (χ1) is 8.22. The highest BCUT2D eigenvalue weighted by Gasteiger charge is 2.06. The highest BCUT2D eigenvalue weighted by atomic mass is 79.9. The molecule has 84 valence electrons. The van der Waals surface area contributed by atoms with Gasteiger partial charge in [-0.05, 0) is 30.3 Å². The van der Waals surface area contributed by atoms with Crippen LogP contribution in [0.25, 0.3) is 20.8 Å². The normalized spacial score (nSPS) is 10.9. The summed E-state index contributed by atoms with van der Waals surface area (Å²) in [4.78, 5) is 4.60. The number of nitrogens with zero attached hydrogens (tertiary/aromatic N) is 1. The van der Waals surface area contributed by atoms with Crippen molar-refractivity contribution in [1.82, 2.24) is 4.98 Å². The molecule has 0 spiro atoms. The van der Waals surface area contributed by atoms with Crippen molar-refractivity contribution >= 4 is 43.2 Å². The second-order valence-corrected chi connectivity index (χ2v) is 5.70. The molecule has 1 heterocycles. The van der Waals surface area contributed by atoms with Crippen LogP contribution in [-0.4, -0.2) is 4.98 Å². The maximum Gasteiger partial charge on any atom is 0.124 e. The predicted octanol–water partition coefficient (Wildman–Crippen LogP) is 4.31. The topological polar surface area (TPSA) is 38.9 Å². The lowest BCUT2D eigenvalue weighted by atomic mass is 10.2. The fourth-order valence-electron chi connectivity index (χ4n) is 1.66. The van der Waals surface area contributed by atoms with Crippen molar-refractivity contribution in [3.05, 3.63) is 46.9 Å². The van der Waals surface area contributed by atoms with Gasteiger partial charge in [0.05, 0.1) is 10.2 Å². The number of fused-ring (bicyclic) bond motifs is 1. The first kappa shape index (κ1) is 10.7. The van der Waals surface area contributed by atoms with Crippen LogP contribution in [0, 0.1) is 0 Å². The number of thiazole rings is 1. The molecule has 0 unspecified atom stereocenters. The Bertz CT molecular complexity index is 673.